The molecule has 6 nitrogen and oxygen atoms in total. The molecule has 0 unspecified atom stereocenters. The molecule has 2 aromatic rings. The van der Waals surface area contributed by atoms with Gasteiger partial charge < -0.3 is 9.47 Å². The minimum Gasteiger partial charge on any atom is -0.493 e. The van der Waals surface area contributed by atoms with Crippen molar-refractivity contribution in [3.8, 4) is 17.2 Å². The van der Waals surface area contributed by atoms with E-state index in [0.29, 0.717) is 23.3 Å². The number of carbonyl (C=O) groups excluding carboxylic acids is 1. The molecule has 0 saturated carbocycles. The first kappa shape index (κ1) is 13.5. The molecule has 0 N–H and O–H groups in total. The molecule has 0 saturated heterocycles. The summed E-state index contributed by atoms with van der Waals surface area (Å²) in [7, 11) is 1.40. The lowest BCUT2D eigenvalue weighted by Crippen LogP contribution is -1.94. The zero-order chi connectivity index (χ0) is 14.5. The smallest absolute Gasteiger partial charge is 0.273 e. The molecule has 0 heterocycles. The van der Waals surface area contributed by atoms with E-state index in [1.54, 1.807) is 24.3 Å². The van der Waals surface area contributed by atoms with Gasteiger partial charge in [0.25, 0.3) is 5.69 Å². The molecule has 0 aliphatic heterocycles. The largest absolute Gasteiger partial charge is 0.493 e. The van der Waals surface area contributed by atoms with Crippen LogP contribution in [-0.4, -0.2) is 18.3 Å². The van der Waals surface area contributed by atoms with Crippen molar-refractivity contribution in [3.63, 3.8) is 0 Å². The van der Waals surface area contributed by atoms with Gasteiger partial charge in [-0.1, -0.05) is 12.1 Å². The lowest BCUT2D eigenvalue weighted by molar-refractivity contribution is -0.384. The van der Waals surface area contributed by atoms with Gasteiger partial charge in [0.2, 0.25) is 0 Å². The van der Waals surface area contributed by atoms with E-state index >= 15 is 0 Å². The Kier molecular flexibility index (Phi) is 3.95. The molecule has 0 aromatic heterocycles. The first-order valence-corrected chi connectivity index (χ1v) is 5.69. The van der Waals surface area contributed by atoms with Gasteiger partial charge in [-0.15, -0.1) is 0 Å². The van der Waals surface area contributed by atoms with E-state index in [9.17, 15) is 14.9 Å². The predicted molar refractivity (Wildman–Crippen MR) is 71.6 cm³/mol. The Morgan fingerprint density at radius 2 is 1.95 bits per heavy atom. The van der Waals surface area contributed by atoms with Crippen LogP contribution in [0.5, 0.6) is 17.2 Å². The van der Waals surface area contributed by atoms with Gasteiger partial charge in [-0.05, 0) is 18.2 Å². The third kappa shape index (κ3) is 2.92. The first-order chi connectivity index (χ1) is 9.63. The summed E-state index contributed by atoms with van der Waals surface area (Å²) in [6, 6.07) is 10.6. The van der Waals surface area contributed by atoms with Crippen LogP contribution >= 0.6 is 0 Å². The molecule has 0 aliphatic rings. The van der Waals surface area contributed by atoms with Crippen molar-refractivity contribution in [1.29, 1.82) is 0 Å². The summed E-state index contributed by atoms with van der Waals surface area (Å²) < 4.78 is 10.6. The summed E-state index contributed by atoms with van der Waals surface area (Å²) in [5, 5.41) is 10.7. The minimum atomic E-state index is -0.515. The fourth-order valence-corrected chi connectivity index (χ4v) is 1.63. The van der Waals surface area contributed by atoms with E-state index in [4.69, 9.17) is 9.47 Å². The molecule has 0 atom stereocenters. The second kappa shape index (κ2) is 5.83. The Morgan fingerprint density at radius 3 is 2.60 bits per heavy atom. The Labute approximate surface area is 114 Å². The van der Waals surface area contributed by atoms with Gasteiger partial charge in [-0.2, -0.15) is 0 Å². The number of aldehydes is 1. The summed E-state index contributed by atoms with van der Waals surface area (Å²) in [6.45, 7) is 0. The third-order valence-corrected chi connectivity index (χ3v) is 2.58. The van der Waals surface area contributed by atoms with Gasteiger partial charge in [-0.25, -0.2) is 0 Å². The molecular formula is C14H11NO5. The first-order valence-electron chi connectivity index (χ1n) is 5.69. The number of methoxy groups -OCH3 is 1. The fourth-order valence-electron chi connectivity index (χ4n) is 1.63. The summed E-state index contributed by atoms with van der Waals surface area (Å²) >= 11 is 0. The number of nitrogens with zero attached hydrogens (tertiary/aromatic N) is 1. The van der Waals surface area contributed by atoms with E-state index in [0.717, 1.165) is 0 Å². The predicted octanol–water partition coefficient (Wildman–Crippen LogP) is 3.21. The van der Waals surface area contributed by atoms with Crippen LogP contribution in [-0.2, 0) is 0 Å². The van der Waals surface area contributed by atoms with Crippen LogP contribution in [0.25, 0.3) is 0 Å². The Morgan fingerprint density at radius 1 is 1.15 bits per heavy atom. The highest BCUT2D eigenvalue weighted by molar-refractivity contribution is 5.75. The maximum atomic E-state index is 10.7. The molecule has 0 amide bonds. The minimum absolute atomic E-state index is 0.0872. The van der Waals surface area contributed by atoms with Gasteiger partial charge in [-0.3, -0.25) is 14.9 Å². The number of nitro groups is 1. The van der Waals surface area contributed by atoms with Gasteiger partial charge in [0.05, 0.1) is 18.1 Å². The maximum absolute atomic E-state index is 10.7. The lowest BCUT2D eigenvalue weighted by atomic mass is 10.2. The van der Waals surface area contributed by atoms with Crippen molar-refractivity contribution < 1.29 is 19.2 Å². The number of carbonyl (C=O) groups is 1. The topological polar surface area (TPSA) is 78.7 Å². The molecule has 0 bridgehead atoms. The molecule has 2 rings (SSSR count). The fraction of sp³-hybridized carbons (Fsp3) is 0.0714. The van der Waals surface area contributed by atoms with E-state index < -0.39 is 4.92 Å². The standard InChI is InChI=1S/C14H11NO5/c1-19-14-8-11(15(17)18)5-6-13(14)20-12-4-2-3-10(7-12)9-16/h2-9H,1H3. The average Bonchev–Trinajstić information content (AvgIpc) is 2.47. The van der Waals surface area contributed by atoms with Crippen LogP contribution in [0.15, 0.2) is 42.5 Å². The van der Waals surface area contributed by atoms with E-state index in [1.165, 1.54) is 25.3 Å². The summed E-state index contributed by atoms with van der Waals surface area (Å²) in [5.74, 6) is 1.03. The summed E-state index contributed by atoms with van der Waals surface area (Å²) in [5.41, 5.74) is 0.388. The van der Waals surface area contributed by atoms with Gasteiger partial charge in [0.1, 0.15) is 12.0 Å². The molecule has 20 heavy (non-hydrogen) atoms. The molecule has 0 aliphatic carbocycles. The molecule has 2 aromatic carbocycles. The highest BCUT2D eigenvalue weighted by atomic mass is 16.6. The number of rotatable bonds is 5. The van der Waals surface area contributed by atoms with Gasteiger partial charge in [0.15, 0.2) is 11.5 Å². The number of nitro benzene ring substituents is 1. The summed E-state index contributed by atoms with van der Waals surface area (Å²) in [6.07, 6.45) is 0.708. The average molecular weight is 273 g/mol. The number of ether oxygens (including phenoxy) is 2. The van der Waals surface area contributed by atoms with E-state index in [1.807, 2.05) is 0 Å². The van der Waals surface area contributed by atoms with Crippen molar-refractivity contribution in [1.82, 2.24) is 0 Å². The van der Waals surface area contributed by atoms with Crippen molar-refractivity contribution in [2.24, 2.45) is 0 Å². The molecule has 0 spiro atoms. The molecule has 6 heteroatoms. The highest BCUT2D eigenvalue weighted by Crippen LogP contribution is 2.34. The SMILES string of the molecule is COc1cc([N+](=O)[O-])ccc1Oc1cccc(C=O)c1. The number of benzene rings is 2. The van der Waals surface area contributed by atoms with Crippen LogP contribution in [0.3, 0.4) is 0 Å². The lowest BCUT2D eigenvalue weighted by Gasteiger charge is -2.10. The summed E-state index contributed by atoms with van der Waals surface area (Å²) in [4.78, 5) is 20.9. The third-order valence-electron chi connectivity index (χ3n) is 2.58. The molecule has 102 valence electrons. The van der Waals surface area contributed by atoms with Gasteiger partial charge >= 0.3 is 0 Å². The van der Waals surface area contributed by atoms with Crippen LogP contribution in [0.4, 0.5) is 5.69 Å². The van der Waals surface area contributed by atoms with Crippen molar-refractivity contribution in [3.05, 3.63) is 58.1 Å². The van der Waals surface area contributed by atoms with Gasteiger partial charge in [0, 0.05) is 11.6 Å². The number of hydrogen-bond acceptors (Lipinski definition) is 5. The second-order valence-corrected chi connectivity index (χ2v) is 3.88. The quantitative estimate of drug-likeness (QED) is 0.475. The Hall–Kier alpha value is -2.89. The molecule has 0 radical (unpaired) electrons. The zero-order valence-corrected chi connectivity index (χ0v) is 10.6. The Bertz CT molecular complexity index is 654. The van der Waals surface area contributed by atoms with E-state index in [2.05, 4.69) is 0 Å². The van der Waals surface area contributed by atoms with Crippen molar-refractivity contribution in [2.75, 3.05) is 7.11 Å². The molecular weight excluding hydrogens is 262 g/mol. The van der Waals surface area contributed by atoms with Crippen LogP contribution in [0.1, 0.15) is 10.4 Å². The van der Waals surface area contributed by atoms with E-state index in [-0.39, 0.29) is 11.4 Å². The maximum Gasteiger partial charge on any atom is 0.273 e. The Balaban J connectivity index is 2.32. The monoisotopic (exact) mass is 273 g/mol. The van der Waals surface area contributed by atoms with Crippen LogP contribution < -0.4 is 9.47 Å². The van der Waals surface area contributed by atoms with Crippen molar-refractivity contribution >= 4 is 12.0 Å². The number of non-ortho nitro benzene ring substituents is 1. The zero-order valence-electron chi connectivity index (χ0n) is 10.6. The normalized spacial score (nSPS) is 9.85. The van der Waals surface area contributed by atoms with Crippen LogP contribution in [0, 0.1) is 10.1 Å². The number of hydrogen-bond donors (Lipinski definition) is 0. The van der Waals surface area contributed by atoms with Crippen molar-refractivity contribution in [2.45, 2.75) is 0 Å². The van der Waals surface area contributed by atoms with Crippen LogP contribution in [0.2, 0.25) is 0 Å². The highest BCUT2D eigenvalue weighted by Gasteiger charge is 2.13. The second-order valence-electron chi connectivity index (χ2n) is 3.88. The molecule has 0 fully saturated rings.